The third kappa shape index (κ3) is 8.35. The third-order valence-corrected chi connectivity index (χ3v) is 4.35. The molecular weight excluding hydrogens is 429 g/mol. The van der Waals surface area contributed by atoms with Crippen molar-refractivity contribution in [2.45, 2.75) is 52.5 Å². The Kier molecular flexibility index (Phi) is 11.8. The molecule has 1 saturated heterocycles. The van der Waals surface area contributed by atoms with Gasteiger partial charge in [0.05, 0.1) is 0 Å². The molecular formula is C17H34IN7. The van der Waals surface area contributed by atoms with E-state index in [9.17, 15) is 0 Å². The quantitative estimate of drug-likeness (QED) is 0.240. The van der Waals surface area contributed by atoms with Gasteiger partial charge in [0.1, 0.15) is 12.2 Å². The predicted octanol–water partition coefficient (Wildman–Crippen LogP) is 1.89. The van der Waals surface area contributed by atoms with E-state index >= 15 is 0 Å². The van der Waals surface area contributed by atoms with E-state index in [1.165, 1.54) is 38.9 Å². The normalized spacial score (nSPS) is 15.2. The maximum absolute atomic E-state index is 4.67. The summed E-state index contributed by atoms with van der Waals surface area (Å²) in [7, 11) is 0. The van der Waals surface area contributed by atoms with Crippen LogP contribution >= 0.6 is 24.0 Å². The summed E-state index contributed by atoms with van der Waals surface area (Å²) in [5.41, 5.74) is 0. The second kappa shape index (κ2) is 13.3. The van der Waals surface area contributed by atoms with Gasteiger partial charge in [0.2, 0.25) is 0 Å². The lowest BCUT2D eigenvalue weighted by Crippen LogP contribution is -2.39. The van der Waals surface area contributed by atoms with Crippen molar-refractivity contribution in [2.24, 2.45) is 4.99 Å². The number of unbranched alkanes of at least 4 members (excludes halogenated alkanes) is 1. The fourth-order valence-electron chi connectivity index (χ4n) is 3.02. The van der Waals surface area contributed by atoms with Gasteiger partial charge in [-0.2, -0.15) is 0 Å². The highest BCUT2D eigenvalue weighted by atomic mass is 127. The Hall–Kier alpha value is -0.900. The Bertz CT molecular complexity index is 483. The zero-order chi connectivity index (χ0) is 17.0. The smallest absolute Gasteiger partial charge is 0.191 e. The molecule has 2 N–H and O–H groups in total. The Morgan fingerprint density at radius 3 is 2.68 bits per heavy atom. The number of halogens is 1. The average Bonchev–Trinajstić information content (AvgIpc) is 3.25. The molecule has 1 aliphatic rings. The largest absolute Gasteiger partial charge is 0.357 e. The number of rotatable bonds is 10. The Labute approximate surface area is 169 Å². The number of hydrogen-bond acceptors (Lipinski definition) is 4. The highest BCUT2D eigenvalue weighted by molar-refractivity contribution is 14.0. The number of hydrogen-bond donors (Lipinski definition) is 2. The van der Waals surface area contributed by atoms with E-state index in [0.29, 0.717) is 0 Å². The summed E-state index contributed by atoms with van der Waals surface area (Å²) >= 11 is 0. The lowest BCUT2D eigenvalue weighted by Gasteiger charge is -2.14. The van der Waals surface area contributed by atoms with Gasteiger partial charge in [-0.25, -0.2) is 0 Å². The minimum atomic E-state index is 0. The minimum absolute atomic E-state index is 0. The number of aliphatic imine (C=N–C) groups is 1. The van der Waals surface area contributed by atoms with Gasteiger partial charge in [0.25, 0.3) is 0 Å². The second-order valence-corrected chi connectivity index (χ2v) is 6.24. The highest BCUT2D eigenvalue weighted by Crippen LogP contribution is 2.08. The van der Waals surface area contributed by atoms with E-state index in [0.717, 1.165) is 50.8 Å². The van der Waals surface area contributed by atoms with Crippen molar-refractivity contribution >= 4 is 29.9 Å². The molecule has 8 heteroatoms. The summed E-state index contributed by atoms with van der Waals surface area (Å²) in [5, 5.41) is 14.8. The molecule has 144 valence electrons. The zero-order valence-corrected chi connectivity index (χ0v) is 18.0. The van der Waals surface area contributed by atoms with Crippen molar-refractivity contribution < 1.29 is 0 Å². The van der Waals surface area contributed by atoms with Gasteiger partial charge >= 0.3 is 0 Å². The molecule has 0 aliphatic carbocycles. The van der Waals surface area contributed by atoms with Crippen molar-refractivity contribution in [1.29, 1.82) is 0 Å². The van der Waals surface area contributed by atoms with Crippen molar-refractivity contribution in [2.75, 3.05) is 39.3 Å². The summed E-state index contributed by atoms with van der Waals surface area (Å²) in [4.78, 5) is 7.24. The van der Waals surface area contributed by atoms with Gasteiger partial charge in [-0.15, -0.1) is 34.2 Å². The monoisotopic (exact) mass is 463 g/mol. The minimum Gasteiger partial charge on any atom is -0.357 e. The summed E-state index contributed by atoms with van der Waals surface area (Å²) in [5.74, 6) is 1.94. The van der Waals surface area contributed by atoms with Crippen LogP contribution in [0.25, 0.3) is 0 Å². The van der Waals surface area contributed by atoms with Crippen LogP contribution in [-0.4, -0.2) is 64.9 Å². The van der Waals surface area contributed by atoms with Crippen LogP contribution in [0.1, 0.15) is 45.4 Å². The van der Waals surface area contributed by atoms with E-state index in [-0.39, 0.29) is 24.0 Å². The van der Waals surface area contributed by atoms with Crippen LogP contribution in [0, 0.1) is 0 Å². The molecule has 0 saturated carbocycles. The molecule has 7 nitrogen and oxygen atoms in total. The lowest BCUT2D eigenvalue weighted by molar-refractivity contribution is 0.331. The summed E-state index contributed by atoms with van der Waals surface area (Å²) in [6, 6.07) is 0. The van der Waals surface area contributed by atoms with Gasteiger partial charge in [0.15, 0.2) is 5.96 Å². The Morgan fingerprint density at radius 1 is 1.16 bits per heavy atom. The first kappa shape index (κ1) is 22.1. The van der Waals surface area contributed by atoms with Gasteiger partial charge in [0, 0.05) is 32.6 Å². The molecule has 0 bridgehead atoms. The molecule has 1 aromatic heterocycles. The number of nitrogens with zero attached hydrogens (tertiary/aromatic N) is 5. The maximum atomic E-state index is 4.67. The summed E-state index contributed by atoms with van der Waals surface area (Å²) in [6.45, 7) is 11.4. The highest BCUT2D eigenvalue weighted by Gasteiger charge is 2.09. The molecule has 1 fully saturated rings. The molecule has 0 radical (unpaired) electrons. The van der Waals surface area contributed by atoms with E-state index in [2.05, 4.69) is 49.1 Å². The van der Waals surface area contributed by atoms with Crippen molar-refractivity contribution in [3.8, 4) is 0 Å². The van der Waals surface area contributed by atoms with Gasteiger partial charge in [-0.1, -0.05) is 6.92 Å². The average molecular weight is 463 g/mol. The van der Waals surface area contributed by atoms with Gasteiger partial charge < -0.3 is 20.1 Å². The van der Waals surface area contributed by atoms with E-state index in [4.69, 9.17) is 0 Å². The van der Waals surface area contributed by atoms with Crippen LogP contribution < -0.4 is 10.6 Å². The van der Waals surface area contributed by atoms with Crippen LogP contribution in [-0.2, 0) is 13.0 Å². The predicted molar refractivity (Wildman–Crippen MR) is 114 cm³/mol. The van der Waals surface area contributed by atoms with Crippen LogP contribution in [0.4, 0.5) is 0 Å². The van der Waals surface area contributed by atoms with Crippen molar-refractivity contribution in [1.82, 2.24) is 30.3 Å². The Morgan fingerprint density at radius 2 is 1.96 bits per heavy atom. The molecule has 0 amide bonds. The number of likely N-dealkylation sites (tertiary alicyclic amines) is 1. The molecule has 0 unspecified atom stereocenters. The molecule has 2 heterocycles. The molecule has 0 atom stereocenters. The molecule has 1 aliphatic heterocycles. The van der Waals surface area contributed by atoms with Crippen LogP contribution in [0.5, 0.6) is 0 Å². The number of aromatic nitrogens is 3. The first-order valence-corrected chi connectivity index (χ1v) is 9.44. The SMILES string of the molecule is CCNC(=NCCCCN1CCCC1)NCCn1cnnc1CC.I. The van der Waals surface area contributed by atoms with Gasteiger partial charge in [-0.3, -0.25) is 4.99 Å². The first-order chi connectivity index (χ1) is 11.8. The molecule has 0 aromatic carbocycles. The van der Waals surface area contributed by atoms with E-state index < -0.39 is 0 Å². The lowest BCUT2D eigenvalue weighted by atomic mass is 10.3. The van der Waals surface area contributed by atoms with Gasteiger partial charge in [-0.05, 0) is 52.2 Å². The van der Waals surface area contributed by atoms with Crippen LogP contribution in [0.15, 0.2) is 11.3 Å². The molecule has 1 aromatic rings. The standard InChI is InChI=1S/C17H33N7.HI/c1-3-16-22-21-15-24(16)14-10-20-17(18-4-2)19-9-5-6-11-23-12-7-8-13-23;/h15H,3-14H2,1-2H3,(H2,18,19,20);1H. The fraction of sp³-hybridized carbons (Fsp3) is 0.824. The fourth-order valence-corrected chi connectivity index (χ4v) is 3.02. The Balaban J connectivity index is 0.00000312. The number of nitrogens with one attached hydrogen (secondary N) is 2. The second-order valence-electron chi connectivity index (χ2n) is 6.24. The molecule has 25 heavy (non-hydrogen) atoms. The van der Waals surface area contributed by atoms with E-state index in [1.54, 1.807) is 6.33 Å². The van der Waals surface area contributed by atoms with Crippen LogP contribution in [0.2, 0.25) is 0 Å². The first-order valence-electron chi connectivity index (χ1n) is 9.44. The summed E-state index contributed by atoms with van der Waals surface area (Å²) in [6.07, 6.45) is 7.84. The van der Waals surface area contributed by atoms with E-state index in [1.807, 2.05) is 0 Å². The molecule has 2 rings (SSSR count). The molecule has 0 spiro atoms. The maximum Gasteiger partial charge on any atom is 0.191 e. The summed E-state index contributed by atoms with van der Waals surface area (Å²) < 4.78 is 2.09. The topological polar surface area (TPSA) is 70.4 Å². The number of guanidine groups is 1. The van der Waals surface area contributed by atoms with Crippen molar-refractivity contribution in [3.63, 3.8) is 0 Å². The zero-order valence-electron chi connectivity index (χ0n) is 15.7. The van der Waals surface area contributed by atoms with Crippen molar-refractivity contribution in [3.05, 3.63) is 12.2 Å². The van der Waals surface area contributed by atoms with Crippen LogP contribution in [0.3, 0.4) is 0 Å². The number of aryl methyl sites for hydroxylation is 1. The third-order valence-electron chi connectivity index (χ3n) is 4.35.